The van der Waals surface area contributed by atoms with Gasteiger partial charge < -0.3 is 4.90 Å². The first kappa shape index (κ1) is 14.8. The van der Waals surface area contributed by atoms with Gasteiger partial charge in [-0.05, 0) is 32.1 Å². The number of carbonyl (C=O) groups excluding carboxylic acids is 1. The van der Waals surface area contributed by atoms with E-state index in [0.717, 1.165) is 6.42 Å². The average molecular weight is 266 g/mol. The van der Waals surface area contributed by atoms with Crippen LogP contribution < -0.4 is 5.32 Å². The van der Waals surface area contributed by atoms with E-state index in [-0.39, 0.29) is 11.7 Å². The molecular weight excluding hydrogens is 236 g/mol. The predicted molar refractivity (Wildman–Crippen MR) is 78.8 cm³/mol. The third-order valence-corrected chi connectivity index (χ3v) is 5.03. The summed E-state index contributed by atoms with van der Waals surface area (Å²) in [5.74, 6) is 0.807. The Labute approximate surface area is 118 Å². The molecule has 2 rings (SSSR count). The molecule has 1 heterocycles. The Morgan fingerprint density at radius 1 is 1.26 bits per heavy atom. The highest BCUT2D eigenvalue weighted by molar-refractivity contribution is 5.88. The van der Waals surface area contributed by atoms with E-state index >= 15 is 0 Å². The minimum atomic E-state index is -0.346. The Kier molecular flexibility index (Phi) is 4.54. The molecule has 2 unspecified atom stereocenters. The third-order valence-electron chi connectivity index (χ3n) is 5.03. The zero-order chi connectivity index (χ0) is 14.0. The summed E-state index contributed by atoms with van der Waals surface area (Å²) in [5.41, 5.74) is -0.346. The molecular formula is C16H30N2O. The maximum atomic E-state index is 12.8. The van der Waals surface area contributed by atoms with Crippen molar-refractivity contribution in [1.82, 2.24) is 10.2 Å². The second-order valence-corrected chi connectivity index (χ2v) is 6.88. The Bertz CT molecular complexity index is 321. The van der Waals surface area contributed by atoms with Gasteiger partial charge in [0.15, 0.2) is 0 Å². The molecule has 1 N–H and O–H groups in total. The predicted octanol–water partition coefficient (Wildman–Crippen LogP) is 3.29. The van der Waals surface area contributed by atoms with Gasteiger partial charge in [-0.15, -0.1) is 0 Å². The van der Waals surface area contributed by atoms with Crippen LogP contribution in [0.5, 0.6) is 0 Å². The highest BCUT2D eigenvalue weighted by Crippen LogP contribution is 2.33. The van der Waals surface area contributed by atoms with E-state index in [0.29, 0.717) is 17.9 Å². The number of nitrogens with one attached hydrogen (secondary N) is 1. The molecule has 1 saturated heterocycles. The monoisotopic (exact) mass is 266 g/mol. The van der Waals surface area contributed by atoms with E-state index in [1.165, 1.54) is 38.5 Å². The molecule has 0 aromatic rings. The Balaban J connectivity index is 2.21. The van der Waals surface area contributed by atoms with Gasteiger partial charge in [0, 0.05) is 6.04 Å². The summed E-state index contributed by atoms with van der Waals surface area (Å²) in [6.07, 6.45) is 8.71. The third kappa shape index (κ3) is 2.81. The quantitative estimate of drug-likeness (QED) is 0.795. The number of nitrogens with zero attached hydrogens (tertiary/aromatic N) is 1. The van der Waals surface area contributed by atoms with Crippen molar-refractivity contribution < 1.29 is 4.79 Å². The molecule has 0 aromatic carbocycles. The second-order valence-electron chi connectivity index (χ2n) is 6.88. The molecule has 3 heteroatoms. The molecule has 1 aliphatic heterocycles. The molecule has 0 bridgehead atoms. The topological polar surface area (TPSA) is 32.3 Å². The van der Waals surface area contributed by atoms with Crippen molar-refractivity contribution in [2.24, 2.45) is 5.92 Å². The minimum absolute atomic E-state index is 0.223. The van der Waals surface area contributed by atoms with Gasteiger partial charge in [0.25, 0.3) is 0 Å². The first-order chi connectivity index (χ1) is 8.99. The lowest BCUT2D eigenvalue weighted by atomic mass is 9.98. The summed E-state index contributed by atoms with van der Waals surface area (Å²) in [7, 11) is 0. The summed E-state index contributed by atoms with van der Waals surface area (Å²) in [5, 5.41) is 3.61. The van der Waals surface area contributed by atoms with E-state index in [1.54, 1.807) is 0 Å². The van der Waals surface area contributed by atoms with Gasteiger partial charge in [0.1, 0.15) is 0 Å². The molecule has 0 radical (unpaired) electrons. The molecule has 19 heavy (non-hydrogen) atoms. The summed E-state index contributed by atoms with van der Waals surface area (Å²) < 4.78 is 0. The molecule has 1 aliphatic carbocycles. The Morgan fingerprint density at radius 3 is 2.32 bits per heavy atom. The van der Waals surface area contributed by atoms with Crippen LogP contribution in [0.25, 0.3) is 0 Å². The van der Waals surface area contributed by atoms with Crippen LogP contribution in [0.4, 0.5) is 0 Å². The SMILES string of the molecule is CCC1(C)NC(C(C)C)N(C2CCCCCC2)C1=O. The highest BCUT2D eigenvalue weighted by Gasteiger charge is 2.49. The van der Waals surface area contributed by atoms with Crippen LogP contribution in [-0.4, -0.2) is 28.6 Å². The molecule has 2 atom stereocenters. The maximum Gasteiger partial charge on any atom is 0.244 e. The first-order valence-corrected chi connectivity index (χ1v) is 8.10. The van der Waals surface area contributed by atoms with Crippen LogP contribution in [0.1, 0.15) is 72.6 Å². The van der Waals surface area contributed by atoms with Crippen molar-refractivity contribution in [3.8, 4) is 0 Å². The van der Waals surface area contributed by atoms with Crippen LogP contribution in [0, 0.1) is 5.92 Å². The van der Waals surface area contributed by atoms with Gasteiger partial charge in [0.05, 0.1) is 11.7 Å². The number of carbonyl (C=O) groups is 1. The molecule has 0 aromatic heterocycles. The number of hydrogen-bond donors (Lipinski definition) is 1. The van der Waals surface area contributed by atoms with Crippen molar-refractivity contribution >= 4 is 5.91 Å². The van der Waals surface area contributed by atoms with Gasteiger partial charge in [-0.1, -0.05) is 46.5 Å². The lowest BCUT2D eigenvalue weighted by Gasteiger charge is -2.34. The van der Waals surface area contributed by atoms with E-state index in [2.05, 4.69) is 37.9 Å². The van der Waals surface area contributed by atoms with Crippen LogP contribution in [-0.2, 0) is 4.79 Å². The fourth-order valence-corrected chi connectivity index (χ4v) is 3.54. The van der Waals surface area contributed by atoms with Crippen LogP contribution in [0.15, 0.2) is 0 Å². The van der Waals surface area contributed by atoms with Gasteiger partial charge >= 0.3 is 0 Å². The number of amides is 1. The Morgan fingerprint density at radius 2 is 1.84 bits per heavy atom. The van der Waals surface area contributed by atoms with E-state index in [4.69, 9.17) is 0 Å². The molecule has 110 valence electrons. The second kappa shape index (κ2) is 5.82. The van der Waals surface area contributed by atoms with Crippen molar-refractivity contribution in [3.05, 3.63) is 0 Å². The zero-order valence-corrected chi connectivity index (χ0v) is 13.0. The van der Waals surface area contributed by atoms with Crippen molar-refractivity contribution in [3.63, 3.8) is 0 Å². The normalized spacial score (nSPS) is 34.1. The summed E-state index contributed by atoms with van der Waals surface area (Å²) in [6.45, 7) is 8.62. The van der Waals surface area contributed by atoms with E-state index in [9.17, 15) is 4.79 Å². The first-order valence-electron chi connectivity index (χ1n) is 8.10. The minimum Gasteiger partial charge on any atom is -0.322 e. The molecule has 1 saturated carbocycles. The zero-order valence-electron chi connectivity index (χ0n) is 13.0. The fourth-order valence-electron chi connectivity index (χ4n) is 3.54. The maximum absolute atomic E-state index is 12.8. The van der Waals surface area contributed by atoms with Crippen LogP contribution in [0.3, 0.4) is 0 Å². The smallest absolute Gasteiger partial charge is 0.244 e. The largest absolute Gasteiger partial charge is 0.322 e. The van der Waals surface area contributed by atoms with Gasteiger partial charge in [-0.3, -0.25) is 10.1 Å². The lowest BCUT2D eigenvalue weighted by Crippen LogP contribution is -2.47. The lowest BCUT2D eigenvalue weighted by molar-refractivity contribution is -0.135. The van der Waals surface area contributed by atoms with Crippen molar-refractivity contribution in [2.45, 2.75) is 90.4 Å². The molecule has 3 nitrogen and oxygen atoms in total. The van der Waals surface area contributed by atoms with Crippen molar-refractivity contribution in [2.75, 3.05) is 0 Å². The standard InChI is InChI=1S/C16H30N2O/c1-5-16(4)15(19)18(14(17-16)12(2)3)13-10-8-6-7-9-11-13/h12-14,17H,5-11H2,1-4H3. The highest BCUT2D eigenvalue weighted by atomic mass is 16.2. The van der Waals surface area contributed by atoms with Crippen molar-refractivity contribution in [1.29, 1.82) is 0 Å². The van der Waals surface area contributed by atoms with Gasteiger partial charge in [-0.2, -0.15) is 0 Å². The van der Waals surface area contributed by atoms with Gasteiger partial charge in [0.2, 0.25) is 5.91 Å². The number of hydrogen-bond acceptors (Lipinski definition) is 2. The van der Waals surface area contributed by atoms with E-state index in [1.807, 2.05) is 0 Å². The average Bonchev–Trinajstić information content (AvgIpc) is 2.59. The molecule has 0 spiro atoms. The fraction of sp³-hybridized carbons (Fsp3) is 0.938. The molecule has 2 fully saturated rings. The summed E-state index contributed by atoms with van der Waals surface area (Å²) in [6, 6.07) is 0.461. The Hall–Kier alpha value is -0.570. The van der Waals surface area contributed by atoms with Gasteiger partial charge in [-0.25, -0.2) is 0 Å². The molecule has 2 aliphatic rings. The van der Waals surface area contributed by atoms with Crippen LogP contribution in [0.2, 0.25) is 0 Å². The van der Waals surface area contributed by atoms with Crippen LogP contribution >= 0.6 is 0 Å². The summed E-state index contributed by atoms with van der Waals surface area (Å²) in [4.78, 5) is 15.1. The summed E-state index contributed by atoms with van der Waals surface area (Å²) >= 11 is 0. The van der Waals surface area contributed by atoms with E-state index < -0.39 is 0 Å². The molecule has 1 amide bonds. The number of rotatable bonds is 3.